The van der Waals surface area contributed by atoms with Crippen molar-refractivity contribution in [2.75, 3.05) is 12.8 Å². The highest BCUT2D eigenvalue weighted by Crippen LogP contribution is 2.23. The van der Waals surface area contributed by atoms with E-state index in [1.54, 1.807) is 7.05 Å². The van der Waals surface area contributed by atoms with E-state index >= 15 is 0 Å². The first kappa shape index (κ1) is 12.7. The van der Waals surface area contributed by atoms with E-state index in [1.807, 2.05) is 0 Å². The topological polar surface area (TPSA) is 89.3 Å². The molecule has 0 aromatic heterocycles. The molecule has 1 aliphatic rings. The van der Waals surface area contributed by atoms with Crippen LogP contribution in [0.1, 0.15) is 13.3 Å². The first-order valence-corrected chi connectivity index (χ1v) is 6.59. The van der Waals surface area contributed by atoms with Gasteiger partial charge in [0.25, 0.3) is 5.70 Å². The zero-order valence-electron chi connectivity index (χ0n) is 9.13. The van der Waals surface area contributed by atoms with Crippen LogP contribution in [-0.4, -0.2) is 31.4 Å². The summed E-state index contributed by atoms with van der Waals surface area (Å²) < 4.78 is 23.2. The highest BCUT2D eigenvalue weighted by Gasteiger charge is 2.31. The second-order valence-electron chi connectivity index (χ2n) is 3.42. The van der Waals surface area contributed by atoms with E-state index in [0.29, 0.717) is 5.70 Å². The van der Waals surface area contributed by atoms with Gasteiger partial charge >= 0.3 is 0 Å². The maximum Gasteiger partial charge on any atom is 0.270 e. The van der Waals surface area contributed by atoms with Crippen molar-refractivity contribution in [2.24, 2.45) is 0 Å². The molecular formula is C9H14N2O4S. The summed E-state index contributed by atoms with van der Waals surface area (Å²) in [4.78, 5) is 10.2. The summed E-state index contributed by atoms with van der Waals surface area (Å²) in [5.74, 6) is -0.0120. The maximum atomic E-state index is 11.6. The molecule has 90 valence electrons. The van der Waals surface area contributed by atoms with Crippen LogP contribution in [0.3, 0.4) is 0 Å². The van der Waals surface area contributed by atoms with Gasteiger partial charge in [-0.25, -0.2) is 8.42 Å². The number of hydrogen-bond acceptors (Lipinski definition) is 5. The van der Waals surface area contributed by atoms with Crippen LogP contribution in [0.15, 0.2) is 23.5 Å². The minimum absolute atomic E-state index is 0.0120. The summed E-state index contributed by atoms with van der Waals surface area (Å²) in [7, 11) is -1.71. The van der Waals surface area contributed by atoms with E-state index < -0.39 is 20.0 Å². The van der Waals surface area contributed by atoms with Crippen molar-refractivity contribution >= 4 is 9.84 Å². The number of nitro groups is 1. The summed E-state index contributed by atoms with van der Waals surface area (Å²) >= 11 is 0. The highest BCUT2D eigenvalue weighted by atomic mass is 32.2. The van der Waals surface area contributed by atoms with Gasteiger partial charge in [0, 0.05) is 12.8 Å². The molecule has 7 heteroatoms. The number of rotatable bonds is 4. The van der Waals surface area contributed by atoms with Crippen molar-refractivity contribution in [3.63, 3.8) is 0 Å². The van der Waals surface area contributed by atoms with Gasteiger partial charge < -0.3 is 5.32 Å². The average Bonchev–Trinajstić information content (AvgIpc) is 2.28. The van der Waals surface area contributed by atoms with E-state index in [0.717, 1.165) is 0 Å². The molecule has 16 heavy (non-hydrogen) atoms. The first-order chi connectivity index (χ1) is 7.42. The van der Waals surface area contributed by atoms with Gasteiger partial charge in [0.15, 0.2) is 9.84 Å². The Balaban J connectivity index is 3.05. The molecular weight excluding hydrogens is 232 g/mol. The Labute approximate surface area is 94.1 Å². The molecule has 1 aliphatic carbocycles. The van der Waals surface area contributed by atoms with Crippen molar-refractivity contribution in [3.8, 4) is 0 Å². The Morgan fingerprint density at radius 3 is 2.69 bits per heavy atom. The largest absolute Gasteiger partial charge is 0.383 e. The van der Waals surface area contributed by atoms with Gasteiger partial charge in [-0.3, -0.25) is 10.1 Å². The highest BCUT2D eigenvalue weighted by molar-refractivity contribution is 7.92. The summed E-state index contributed by atoms with van der Waals surface area (Å²) in [6.07, 6.45) is 2.88. The van der Waals surface area contributed by atoms with Crippen LogP contribution in [0.2, 0.25) is 0 Å². The lowest BCUT2D eigenvalue weighted by Crippen LogP contribution is -2.27. The Bertz CT molecular complexity index is 450. The summed E-state index contributed by atoms with van der Waals surface area (Å²) in [5, 5.41) is 12.7. The number of nitrogens with one attached hydrogen (secondary N) is 1. The molecule has 0 aromatic carbocycles. The molecule has 0 saturated carbocycles. The molecule has 1 rings (SSSR count). The monoisotopic (exact) mass is 246 g/mol. The van der Waals surface area contributed by atoms with Crippen LogP contribution < -0.4 is 5.32 Å². The standard InChI is InChI=1S/C9H14N2O4S/c1-3-16(14,15)7-4-5-8(10-2)9(6-7)11(12)13/h4-5,7,10H,3,6H2,1-2H3. The van der Waals surface area contributed by atoms with Gasteiger partial charge in [-0.2, -0.15) is 0 Å². The van der Waals surface area contributed by atoms with Crippen LogP contribution in [0, 0.1) is 10.1 Å². The average molecular weight is 246 g/mol. The minimum Gasteiger partial charge on any atom is -0.383 e. The normalized spacial score (nSPS) is 21.0. The van der Waals surface area contributed by atoms with Gasteiger partial charge in [-0.15, -0.1) is 0 Å². The third-order valence-corrected chi connectivity index (χ3v) is 4.59. The summed E-state index contributed by atoms with van der Waals surface area (Å²) in [6, 6.07) is 0. The van der Waals surface area contributed by atoms with Crippen LogP contribution in [0.5, 0.6) is 0 Å². The fraction of sp³-hybridized carbons (Fsp3) is 0.556. The Kier molecular flexibility index (Phi) is 3.69. The number of likely N-dealkylation sites (N-methyl/N-ethyl adjacent to an activating group) is 1. The number of nitrogens with zero attached hydrogens (tertiary/aromatic N) is 1. The fourth-order valence-electron chi connectivity index (χ4n) is 1.53. The van der Waals surface area contributed by atoms with Crippen molar-refractivity contribution in [1.29, 1.82) is 0 Å². The van der Waals surface area contributed by atoms with Gasteiger partial charge in [0.1, 0.15) is 5.70 Å². The van der Waals surface area contributed by atoms with Crippen LogP contribution >= 0.6 is 0 Å². The second-order valence-corrected chi connectivity index (χ2v) is 5.93. The molecule has 0 amide bonds. The smallest absolute Gasteiger partial charge is 0.270 e. The first-order valence-electron chi connectivity index (χ1n) is 4.87. The third kappa shape index (κ3) is 2.41. The number of hydrogen-bond donors (Lipinski definition) is 1. The van der Waals surface area contributed by atoms with Crippen LogP contribution in [-0.2, 0) is 9.84 Å². The molecule has 0 aliphatic heterocycles. The lowest BCUT2D eigenvalue weighted by molar-refractivity contribution is -0.429. The van der Waals surface area contributed by atoms with Crippen molar-refractivity contribution in [2.45, 2.75) is 18.6 Å². The molecule has 0 saturated heterocycles. The van der Waals surface area contributed by atoms with E-state index in [9.17, 15) is 18.5 Å². The summed E-state index contributed by atoms with van der Waals surface area (Å²) in [5.41, 5.74) is 0.291. The molecule has 0 spiro atoms. The maximum absolute atomic E-state index is 11.6. The van der Waals surface area contributed by atoms with E-state index in [1.165, 1.54) is 19.1 Å². The fourth-order valence-corrected chi connectivity index (χ4v) is 2.69. The van der Waals surface area contributed by atoms with Crippen molar-refractivity contribution in [1.82, 2.24) is 5.32 Å². The van der Waals surface area contributed by atoms with Crippen LogP contribution in [0.25, 0.3) is 0 Å². The van der Waals surface area contributed by atoms with Gasteiger partial charge in [-0.05, 0) is 6.08 Å². The SMILES string of the molecule is CCS(=O)(=O)C1C=CC(NC)=C([N+](=O)[O-])C1. The number of allylic oxidation sites excluding steroid dienone is 2. The minimum atomic E-state index is -3.27. The van der Waals surface area contributed by atoms with Crippen molar-refractivity contribution in [3.05, 3.63) is 33.7 Å². The van der Waals surface area contributed by atoms with Gasteiger partial charge in [0.05, 0.1) is 16.6 Å². The molecule has 0 heterocycles. The lowest BCUT2D eigenvalue weighted by atomic mass is 10.1. The quantitative estimate of drug-likeness (QED) is 0.575. The van der Waals surface area contributed by atoms with Crippen molar-refractivity contribution < 1.29 is 13.3 Å². The number of sulfone groups is 1. The molecule has 1 unspecified atom stereocenters. The zero-order valence-corrected chi connectivity index (χ0v) is 9.95. The molecule has 0 fully saturated rings. The van der Waals surface area contributed by atoms with Crippen LogP contribution in [0.4, 0.5) is 0 Å². The van der Waals surface area contributed by atoms with E-state index in [4.69, 9.17) is 0 Å². The molecule has 0 aromatic rings. The summed E-state index contributed by atoms with van der Waals surface area (Å²) in [6.45, 7) is 1.53. The Hall–Kier alpha value is -1.37. The molecule has 1 N–H and O–H groups in total. The second kappa shape index (κ2) is 4.65. The van der Waals surface area contributed by atoms with Gasteiger partial charge in [0.2, 0.25) is 0 Å². The van der Waals surface area contributed by atoms with Gasteiger partial charge in [-0.1, -0.05) is 13.0 Å². The zero-order chi connectivity index (χ0) is 12.3. The predicted octanol–water partition coefficient (Wildman–Crippen LogP) is 0.457. The molecule has 0 bridgehead atoms. The molecule has 1 atom stereocenters. The molecule has 0 radical (unpaired) electrons. The Morgan fingerprint density at radius 1 is 1.62 bits per heavy atom. The third-order valence-electron chi connectivity index (χ3n) is 2.54. The predicted molar refractivity (Wildman–Crippen MR) is 60.1 cm³/mol. The lowest BCUT2D eigenvalue weighted by Gasteiger charge is -2.16. The van der Waals surface area contributed by atoms with E-state index in [2.05, 4.69) is 5.32 Å². The Morgan fingerprint density at radius 2 is 2.25 bits per heavy atom. The van der Waals surface area contributed by atoms with E-state index in [-0.39, 0.29) is 17.9 Å². The molecule has 6 nitrogen and oxygen atoms in total.